The number of aryl methyl sites for hydroxylation is 2. The van der Waals surface area contributed by atoms with Crippen molar-refractivity contribution in [3.8, 4) is 0 Å². The number of nitrogens with one attached hydrogen (secondary N) is 2. The molecule has 4 N–H and O–H groups in total. The zero-order valence-electron chi connectivity index (χ0n) is 13.8. The molecule has 1 heterocycles. The van der Waals surface area contributed by atoms with E-state index in [-0.39, 0.29) is 0 Å². The zero-order valence-corrected chi connectivity index (χ0v) is 13.8. The van der Waals surface area contributed by atoms with Crippen molar-refractivity contribution in [2.75, 3.05) is 24.1 Å². The third-order valence-electron chi connectivity index (χ3n) is 3.53. The van der Waals surface area contributed by atoms with E-state index in [1.165, 1.54) is 16.7 Å². The van der Waals surface area contributed by atoms with Crippen LogP contribution in [0.5, 0.6) is 0 Å². The zero-order chi connectivity index (χ0) is 16.5. The molecular weight excluding hydrogens is 282 g/mol. The van der Waals surface area contributed by atoms with Crippen molar-refractivity contribution in [2.45, 2.75) is 13.8 Å². The first-order chi connectivity index (χ1) is 11.1. The number of rotatable bonds is 3. The predicted octanol–water partition coefficient (Wildman–Crippen LogP) is 4.03. The van der Waals surface area contributed by atoms with Gasteiger partial charge in [-0.3, -0.25) is 0 Å². The van der Waals surface area contributed by atoms with Crippen LogP contribution in [-0.2, 0) is 0 Å². The first-order valence-corrected chi connectivity index (χ1v) is 7.86. The molecule has 0 spiro atoms. The molecule has 120 valence electrons. The highest BCUT2D eigenvalue weighted by Gasteiger charge is 2.00. The van der Waals surface area contributed by atoms with Gasteiger partial charge in [0.25, 0.3) is 0 Å². The molecule has 1 aliphatic rings. The average Bonchev–Trinajstić information content (AvgIpc) is 2.58. The van der Waals surface area contributed by atoms with Crippen LogP contribution in [0.4, 0.5) is 11.4 Å². The fourth-order valence-corrected chi connectivity index (χ4v) is 2.18. The summed E-state index contributed by atoms with van der Waals surface area (Å²) in [6.45, 7) is 5.86. The third-order valence-corrected chi connectivity index (χ3v) is 3.53. The van der Waals surface area contributed by atoms with Crippen LogP contribution in [0.1, 0.15) is 11.1 Å². The number of hydrogen-bond donors (Lipinski definition) is 3. The van der Waals surface area contributed by atoms with Crippen LogP contribution in [0.15, 0.2) is 72.5 Å². The molecule has 0 saturated heterocycles. The second kappa shape index (κ2) is 8.69. The summed E-state index contributed by atoms with van der Waals surface area (Å²) in [6.07, 6.45) is 6.21. The maximum absolute atomic E-state index is 5.89. The average molecular weight is 307 g/mol. The molecule has 3 nitrogen and oxygen atoms in total. The molecule has 3 heteroatoms. The van der Waals surface area contributed by atoms with E-state index in [4.69, 9.17) is 5.73 Å². The molecule has 23 heavy (non-hydrogen) atoms. The highest BCUT2D eigenvalue weighted by Crippen LogP contribution is 2.19. The lowest BCUT2D eigenvalue weighted by Gasteiger charge is -2.12. The molecular formula is C20H25N3. The fraction of sp³-hybridized carbons (Fsp3) is 0.200. The van der Waals surface area contributed by atoms with Crippen molar-refractivity contribution >= 4 is 11.4 Å². The summed E-state index contributed by atoms with van der Waals surface area (Å²) in [5.74, 6) is 0. The van der Waals surface area contributed by atoms with E-state index in [1.807, 2.05) is 36.5 Å². The highest BCUT2D eigenvalue weighted by molar-refractivity contribution is 5.67. The minimum absolute atomic E-state index is 0.795. The van der Waals surface area contributed by atoms with Crippen molar-refractivity contribution in [3.05, 3.63) is 83.6 Å². The standard InChI is InChI=1S/C13H17N3.C7H8/c1-10-2-3-12(14)13(8-10)16-9-11-4-6-15-7-5-11;1-7-5-3-2-4-6-7/h2-6,8,15-16H,7,9,14H2,1H3;2-6H,1H3. The van der Waals surface area contributed by atoms with Gasteiger partial charge in [0.15, 0.2) is 0 Å². The van der Waals surface area contributed by atoms with E-state index in [2.05, 4.69) is 54.8 Å². The van der Waals surface area contributed by atoms with Crippen molar-refractivity contribution in [1.82, 2.24) is 5.32 Å². The molecule has 0 radical (unpaired) electrons. The van der Waals surface area contributed by atoms with Crippen LogP contribution in [0.2, 0.25) is 0 Å². The molecule has 0 fully saturated rings. The van der Waals surface area contributed by atoms with Gasteiger partial charge in [-0.1, -0.05) is 48.0 Å². The number of nitrogens with two attached hydrogens (primary N) is 1. The van der Waals surface area contributed by atoms with Crippen LogP contribution < -0.4 is 16.4 Å². The topological polar surface area (TPSA) is 50.1 Å². The van der Waals surface area contributed by atoms with Gasteiger partial charge in [0.05, 0.1) is 11.4 Å². The summed E-state index contributed by atoms with van der Waals surface area (Å²) >= 11 is 0. The predicted molar refractivity (Wildman–Crippen MR) is 100 cm³/mol. The number of dihydropyridines is 1. The van der Waals surface area contributed by atoms with E-state index in [1.54, 1.807) is 0 Å². The third kappa shape index (κ3) is 5.91. The van der Waals surface area contributed by atoms with E-state index < -0.39 is 0 Å². The summed E-state index contributed by atoms with van der Waals surface area (Å²) in [5, 5.41) is 6.48. The number of hydrogen-bond acceptors (Lipinski definition) is 3. The SMILES string of the molecule is Cc1ccc(N)c(NCC2=CCNC=C2)c1.Cc1ccccc1. The first kappa shape index (κ1) is 16.7. The van der Waals surface area contributed by atoms with Crippen LogP contribution >= 0.6 is 0 Å². The summed E-state index contributed by atoms with van der Waals surface area (Å²) in [4.78, 5) is 0. The van der Waals surface area contributed by atoms with Gasteiger partial charge in [0, 0.05) is 13.1 Å². The van der Waals surface area contributed by atoms with Crippen LogP contribution in [0, 0.1) is 13.8 Å². The van der Waals surface area contributed by atoms with Gasteiger partial charge >= 0.3 is 0 Å². The number of nitrogen functional groups attached to an aromatic ring is 1. The number of anilines is 2. The Kier molecular flexibility index (Phi) is 6.30. The maximum atomic E-state index is 5.89. The normalized spacial score (nSPS) is 12.5. The van der Waals surface area contributed by atoms with Gasteiger partial charge in [-0.25, -0.2) is 0 Å². The quantitative estimate of drug-likeness (QED) is 0.750. The Morgan fingerprint density at radius 2 is 1.83 bits per heavy atom. The second-order valence-electron chi connectivity index (χ2n) is 5.62. The summed E-state index contributed by atoms with van der Waals surface area (Å²) < 4.78 is 0. The molecule has 0 bridgehead atoms. The van der Waals surface area contributed by atoms with Gasteiger partial charge in [0.1, 0.15) is 0 Å². The molecule has 0 amide bonds. The molecule has 0 aliphatic carbocycles. The molecule has 0 aromatic heterocycles. The number of benzene rings is 2. The van der Waals surface area contributed by atoms with Crippen LogP contribution in [0.3, 0.4) is 0 Å². The van der Waals surface area contributed by atoms with E-state index in [9.17, 15) is 0 Å². The van der Waals surface area contributed by atoms with Crippen molar-refractivity contribution in [3.63, 3.8) is 0 Å². The van der Waals surface area contributed by atoms with Gasteiger partial charge in [0.2, 0.25) is 0 Å². The molecule has 2 aromatic carbocycles. The van der Waals surface area contributed by atoms with E-state index >= 15 is 0 Å². The summed E-state index contributed by atoms with van der Waals surface area (Å²) in [7, 11) is 0. The molecule has 1 aliphatic heterocycles. The molecule has 0 saturated carbocycles. The Balaban J connectivity index is 0.000000229. The lowest BCUT2D eigenvalue weighted by Crippen LogP contribution is -2.13. The Morgan fingerprint density at radius 1 is 1.04 bits per heavy atom. The van der Waals surface area contributed by atoms with Gasteiger partial charge in [-0.05, 0) is 49.4 Å². The minimum Gasteiger partial charge on any atom is -0.397 e. The van der Waals surface area contributed by atoms with Crippen LogP contribution in [0.25, 0.3) is 0 Å². The maximum Gasteiger partial charge on any atom is 0.0579 e. The largest absolute Gasteiger partial charge is 0.397 e. The molecule has 0 atom stereocenters. The summed E-state index contributed by atoms with van der Waals surface area (Å²) in [5.41, 5.74) is 11.5. The Bertz CT molecular complexity index is 673. The highest BCUT2D eigenvalue weighted by atomic mass is 14.9. The smallest absolute Gasteiger partial charge is 0.0579 e. The van der Waals surface area contributed by atoms with Gasteiger partial charge in [-0.15, -0.1) is 0 Å². The molecule has 2 aromatic rings. The monoisotopic (exact) mass is 307 g/mol. The Hall–Kier alpha value is -2.68. The van der Waals surface area contributed by atoms with Crippen molar-refractivity contribution in [2.24, 2.45) is 0 Å². The fourth-order valence-electron chi connectivity index (χ4n) is 2.18. The second-order valence-corrected chi connectivity index (χ2v) is 5.62. The van der Waals surface area contributed by atoms with E-state index in [0.717, 1.165) is 24.5 Å². The van der Waals surface area contributed by atoms with Gasteiger partial charge in [-0.2, -0.15) is 0 Å². The first-order valence-electron chi connectivity index (χ1n) is 7.86. The van der Waals surface area contributed by atoms with Gasteiger partial charge < -0.3 is 16.4 Å². The minimum atomic E-state index is 0.795. The molecule has 3 rings (SSSR count). The lowest BCUT2D eigenvalue weighted by molar-refractivity contribution is 0.951. The Morgan fingerprint density at radius 3 is 2.43 bits per heavy atom. The van der Waals surface area contributed by atoms with Crippen molar-refractivity contribution in [1.29, 1.82) is 0 Å². The van der Waals surface area contributed by atoms with Crippen molar-refractivity contribution < 1.29 is 0 Å². The summed E-state index contributed by atoms with van der Waals surface area (Å²) in [6, 6.07) is 16.3. The lowest BCUT2D eigenvalue weighted by atomic mass is 10.1. The molecule has 0 unspecified atom stereocenters. The Labute approximate surface area is 138 Å². The van der Waals surface area contributed by atoms with Crippen LogP contribution in [-0.4, -0.2) is 13.1 Å². The van der Waals surface area contributed by atoms with E-state index in [0.29, 0.717) is 0 Å².